The van der Waals surface area contributed by atoms with Crippen LogP contribution < -0.4 is 4.74 Å². The Morgan fingerprint density at radius 1 is 0.792 bits per heavy atom. The number of likely N-dealkylation sites (tertiary alicyclic amines) is 1. The lowest BCUT2D eigenvalue weighted by Gasteiger charge is -2.19. The Balaban J connectivity index is 1.43. The summed E-state index contributed by atoms with van der Waals surface area (Å²) in [7, 11) is 0. The molecule has 0 saturated carbocycles. The Hall–Kier alpha value is -1.87. The number of ether oxygens (including phenoxy) is 1. The maximum Gasteiger partial charge on any atom is 0.123 e. The normalized spacial score (nSPS) is 15.9. The molecule has 1 saturated heterocycles. The standard InChI is InChI=1S/C21H26FNO/c22-20-10-6-18(7-11-20)19-8-12-21(13-9-19)24-17-5-16-23-14-3-1-2-4-15-23/h6-13H,1-5,14-17H2. The van der Waals surface area contributed by atoms with Gasteiger partial charge in [-0.05, 0) is 67.7 Å². The molecule has 0 aromatic heterocycles. The topological polar surface area (TPSA) is 12.5 Å². The highest BCUT2D eigenvalue weighted by Crippen LogP contribution is 2.22. The molecule has 0 spiro atoms. The number of hydrogen-bond acceptors (Lipinski definition) is 2. The van der Waals surface area contributed by atoms with E-state index in [0.29, 0.717) is 0 Å². The SMILES string of the molecule is Fc1ccc(-c2ccc(OCCCN3CCCCCC3)cc2)cc1. The van der Waals surface area contributed by atoms with Crippen molar-refractivity contribution in [1.82, 2.24) is 4.90 Å². The fourth-order valence-corrected chi connectivity index (χ4v) is 3.22. The third-order valence-electron chi connectivity index (χ3n) is 4.62. The zero-order valence-corrected chi connectivity index (χ0v) is 14.2. The van der Waals surface area contributed by atoms with Crippen LogP contribution in [0.25, 0.3) is 11.1 Å². The largest absolute Gasteiger partial charge is 0.494 e. The number of nitrogens with zero attached hydrogens (tertiary/aromatic N) is 1. The summed E-state index contributed by atoms with van der Waals surface area (Å²) in [6, 6.07) is 14.6. The molecular formula is C21H26FNO. The molecular weight excluding hydrogens is 301 g/mol. The molecule has 0 N–H and O–H groups in total. The Morgan fingerprint density at radius 3 is 2.00 bits per heavy atom. The molecule has 0 unspecified atom stereocenters. The molecule has 2 aromatic carbocycles. The lowest BCUT2D eigenvalue weighted by molar-refractivity contribution is 0.240. The number of halogens is 1. The lowest BCUT2D eigenvalue weighted by atomic mass is 10.1. The highest BCUT2D eigenvalue weighted by Gasteiger charge is 2.08. The molecule has 2 nitrogen and oxygen atoms in total. The second kappa shape index (κ2) is 8.84. The van der Waals surface area contributed by atoms with Crippen molar-refractivity contribution in [3.05, 3.63) is 54.3 Å². The highest BCUT2D eigenvalue weighted by atomic mass is 19.1. The second-order valence-electron chi connectivity index (χ2n) is 6.49. The quantitative estimate of drug-likeness (QED) is 0.681. The van der Waals surface area contributed by atoms with E-state index < -0.39 is 0 Å². The molecule has 24 heavy (non-hydrogen) atoms. The number of hydrogen-bond donors (Lipinski definition) is 0. The van der Waals surface area contributed by atoms with Gasteiger partial charge in [0.25, 0.3) is 0 Å². The summed E-state index contributed by atoms with van der Waals surface area (Å²) >= 11 is 0. The summed E-state index contributed by atoms with van der Waals surface area (Å²) in [5, 5.41) is 0. The third-order valence-corrected chi connectivity index (χ3v) is 4.62. The molecule has 3 rings (SSSR count). The molecule has 1 heterocycles. The van der Waals surface area contributed by atoms with Gasteiger partial charge in [0.15, 0.2) is 0 Å². The fraction of sp³-hybridized carbons (Fsp3) is 0.429. The van der Waals surface area contributed by atoms with Gasteiger partial charge < -0.3 is 9.64 Å². The Morgan fingerprint density at radius 2 is 1.38 bits per heavy atom. The molecule has 0 amide bonds. The van der Waals surface area contributed by atoms with Crippen LogP contribution in [0, 0.1) is 5.82 Å². The van der Waals surface area contributed by atoms with Crippen molar-refractivity contribution >= 4 is 0 Å². The zero-order chi connectivity index (χ0) is 16.6. The average Bonchev–Trinajstić information content (AvgIpc) is 2.89. The van der Waals surface area contributed by atoms with E-state index in [9.17, 15) is 4.39 Å². The van der Waals surface area contributed by atoms with Gasteiger partial charge in [0, 0.05) is 6.54 Å². The van der Waals surface area contributed by atoms with Crippen molar-refractivity contribution in [1.29, 1.82) is 0 Å². The molecule has 2 aromatic rings. The van der Waals surface area contributed by atoms with Gasteiger partial charge in [0.1, 0.15) is 11.6 Å². The maximum atomic E-state index is 13.0. The predicted octanol–water partition coefficient (Wildman–Crippen LogP) is 5.14. The molecule has 1 fully saturated rings. The monoisotopic (exact) mass is 327 g/mol. The van der Waals surface area contributed by atoms with Crippen molar-refractivity contribution in [2.24, 2.45) is 0 Å². The van der Waals surface area contributed by atoms with Crippen LogP contribution in [-0.2, 0) is 0 Å². The van der Waals surface area contributed by atoms with Crippen LogP contribution >= 0.6 is 0 Å². The molecule has 1 aliphatic heterocycles. The molecule has 128 valence electrons. The zero-order valence-electron chi connectivity index (χ0n) is 14.2. The minimum Gasteiger partial charge on any atom is -0.494 e. The van der Waals surface area contributed by atoms with E-state index in [-0.39, 0.29) is 5.82 Å². The summed E-state index contributed by atoms with van der Waals surface area (Å²) in [5.74, 6) is 0.694. The van der Waals surface area contributed by atoms with E-state index in [4.69, 9.17) is 4.74 Å². The van der Waals surface area contributed by atoms with Gasteiger partial charge in [0.05, 0.1) is 6.61 Å². The van der Waals surface area contributed by atoms with Gasteiger partial charge >= 0.3 is 0 Å². The van der Waals surface area contributed by atoms with E-state index in [0.717, 1.165) is 36.4 Å². The van der Waals surface area contributed by atoms with Crippen molar-refractivity contribution in [2.75, 3.05) is 26.2 Å². The summed E-state index contributed by atoms with van der Waals surface area (Å²) in [6.45, 7) is 4.37. The smallest absolute Gasteiger partial charge is 0.123 e. The summed E-state index contributed by atoms with van der Waals surface area (Å²) in [5.41, 5.74) is 2.09. The van der Waals surface area contributed by atoms with Crippen molar-refractivity contribution < 1.29 is 9.13 Å². The van der Waals surface area contributed by atoms with E-state index in [1.54, 1.807) is 12.1 Å². The average molecular weight is 327 g/mol. The minimum absolute atomic E-state index is 0.205. The molecule has 1 aliphatic rings. The number of benzene rings is 2. The van der Waals surface area contributed by atoms with E-state index >= 15 is 0 Å². The predicted molar refractivity (Wildman–Crippen MR) is 96.9 cm³/mol. The Bertz CT molecular complexity index is 601. The summed E-state index contributed by atoms with van der Waals surface area (Å²) < 4.78 is 18.8. The van der Waals surface area contributed by atoms with Crippen LogP contribution in [0.1, 0.15) is 32.1 Å². The summed E-state index contributed by atoms with van der Waals surface area (Å²) in [4.78, 5) is 2.56. The van der Waals surface area contributed by atoms with Gasteiger partial charge in [-0.3, -0.25) is 0 Å². The van der Waals surface area contributed by atoms with Gasteiger partial charge in [0.2, 0.25) is 0 Å². The van der Waals surface area contributed by atoms with Crippen LogP contribution in [0.15, 0.2) is 48.5 Å². The molecule has 0 aliphatic carbocycles. The van der Waals surface area contributed by atoms with Gasteiger partial charge in [-0.1, -0.05) is 37.1 Å². The van der Waals surface area contributed by atoms with Crippen molar-refractivity contribution in [3.63, 3.8) is 0 Å². The van der Waals surface area contributed by atoms with Crippen molar-refractivity contribution in [3.8, 4) is 16.9 Å². The third kappa shape index (κ3) is 5.07. The highest BCUT2D eigenvalue weighted by molar-refractivity contribution is 5.63. The van der Waals surface area contributed by atoms with Gasteiger partial charge in [-0.2, -0.15) is 0 Å². The lowest BCUT2D eigenvalue weighted by Crippen LogP contribution is -2.26. The van der Waals surface area contributed by atoms with E-state index in [2.05, 4.69) is 4.90 Å². The van der Waals surface area contributed by atoms with Crippen LogP contribution in [0.5, 0.6) is 5.75 Å². The van der Waals surface area contributed by atoms with Crippen LogP contribution in [0.3, 0.4) is 0 Å². The Kier molecular flexibility index (Phi) is 6.25. The van der Waals surface area contributed by atoms with Crippen molar-refractivity contribution in [2.45, 2.75) is 32.1 Å². The van der Waals surface area contributed by atoms with Crippen LogP contribution in [0.2, 0.25) is 0 Å². The first-order valence-electron chi connectivity index (χ1n) is 9.02. The molecule has 3 heteroatoms. The van der Waals surface area contributed by atoms with Crippen LogP contribution in [-0.4, -0.2) is 31.1 Å². The van der Waals surface area contributed by atoms with Crippen LogP contribution in [0.4, 0.5) is 4.39 Å². The molecule has 0 atom stereocenters. The number of rotatable bonds is 6. The Labute approximate surface area is 144 Å². The van der Waals surface area contributed by atoms with E-state index in [1.807, 2.05) is 24.3 Å². The fourth-order valence-electron chi connectivity index (χ4n) is 3.22. The molecule has 0 radical (unpaired) electrons. The first-order valence-corrected chi connectivity index (χ1v) is 9.02. The molecule has 0 bridgehead atoms. The van der Waals surface area contributed by atoms with E-state index in [1.165, 1.54) is 50.9 Å². The first-order chi connectivity index (χ1) is 11.8. The first kappa shape index (κ1) is 17.0. The van der Waals surface area contributed by atoms with Gasteiger partial charge in [-0.25, -0.2) is 4.39 Å². The summed E-state index contributed by atoms with van der Waals surface area (Å²) in [6.07, 6.45) is 6.51. The minimum atomic E-state index is -0.205. The van der Waals surface area contributed by atoms with Gasteiger partial charge in [-0.15, -0.1) is 0 Å². The maximum absolute atomic E-state index is 13.0. The second-order valence-corrected chi connectivity index (χ2v) is 6.49.